The van der Waals surface area contributed by atoms with Crippen LogP contribution in [0.3, 0.4) is 0 Å². The van der Waals surface area contributed by atoms with E-state index in [1.165, 1.54) is 0 Å². The molecule has 0 radical (unpaired) electrons. The summed E-state index contributed by atoms with van der Waals surface area (Å²) in [6, 6.07) is 5.45. The molecule has 5 heteroatoms. The van der Waals surface area contributed by atoms with Crippen LogP contribution in [0.25, 0.3) is 0 Å². The van der Waals surface area contributed by atoms with Crippen molar-refractivity contribution in [3.05, 3.63) is 40.6 Å². The highest BCUT2D eigenvalue weighted by atomic mass is 35.5. The first-order valence-electron chi connectivity index (χ1n) is 6.53. The summed E-state index contributed by atoms with van der Waals surface area (Å²) in [5.74, 6) is 0.865. The van der Waals surface area contributed by atoms with Gasteiger partial charge in [-0.05, 0) is 32.9 Å². The summed E-state index contributed by atoms with van der Waals surface area (Å²) in [6.07, 6.45) is 4.27. The Morgan fingerprint density at radius 3 is 2.55 bits per heavy atom. The topological polar surface area (TPSA) is 32.6 Å². The normalized spacial score (nSPS) is 22.2. The lowest BCUT2D eigenvalue weighted by atomic mass is 9.98. The van der Waals surface area contributed by atoms with Crippen LogP contribution in [0.15, 0.2) is 35.6 Å². The van der Waals surface area contributed by atoms with Crippen molar-refractivity contribution in [2.75, 3.05) is 6.61 Å². The Morgan fingerprint density at radius 1 is 1.25 bits per heavy atom. The predicted octanol–water partition coefficient (Wildman–Crippen LogP) is 4.36. The number of rotatable bonds is 3. The highest BCUT2D eigenvalue weighted by molar-refractivity contribution is 6.35. The van der Waals surface area contributed by atoms with Gasteiger partial charge in [0.1, 0.15) is 16.8 Å². The molecule has 0 spiro atoms. The minimum absolute atomic E-state index is 0.0504. The number of aliphatic hydroxyl groups excluding tert-OH is 1. The Kier molecular flexibility index (Phi) is 4.26. The third kappa shape index (κ3) is 2.40. The Balaban J connectivity index is 2.69. The maximum atomic E-state index is 9.32. The lowest BCUT2D eigenvalue weighted by molar-refractivity contribution is 0.280. The van der Waals surface area contributed by atoms with Crippen LogP contribution in [0.1, 0.15) is 27.2 Å². The molecule has 3 nitrogen and oxygen atoms in total. The maximum Gasteiger partial charge on any atom is 0.215 e. The molecular weight excluding hydrogens is 295 g/mol. The van der Waals surface area contributed by atoms with Crippen molar-refractivity contribution in [3.8, 4) is 0 Å². The smallest absolute Gasteiger partial charge is 0.215 e. The number of aliphatic imine (C=N–C) groups is 1. The van der Waals surface area contributed by atoms with E-state index >= 15 is 0 Å². The number of nitrogens with zero attached hydrogens (tertiary/aromatic N) is 2. The Bertz CT molecular complexity index is 576. The van der Waals surface area contributed by atoms with Gasteiger partial charge in [-0.2, -0.15) is 0 Å². The Hall–Kier alpha value is -0.870. The molecule has 1 heterocycles. The number of amidine groups is 1. The van der Waals surface area contributed by atoms with Crippen LogP contribution < -0.4 is 4.48 Å². The van der Waals surface area contributed by atoms with Crippen LogP contribution in [0, 0.1) is 0 Å². The molecule has 1 unspecified atom stereocenters. The fourth-order valence-corrected chi connectivity index (χ4v) is 3.10. The molecule has 1 aromatic carbocycles. The van der Waals surface area contributed by atoms with Gasteiger partial charge in [0.2, 0.25) is 5.84 Å². The van der Waals surface area contributed by atoms with E-state index in [2.05, 4.69) is 25.8 Å². The molecule has 1 atom stereocenters. The van der Waals surface area contributed by atoms with Crippen molar-refractivity contribution < 1.29 is 5.11 Å². The molecule has 0 fully saturated rings. The maximum absolute atomic E-state index is 9.32. The fourth-order valence-electron chi connectivity index (χ4n) is 2.68. The molecule has 20 heavy (non-hydrogen) atoms. The van der Waals surface area contributed by atoms with Crippen LogP contribution in [-0.4, -0.2) is 23.1 Å². The summed E-state index contributed by atoms with van der Waals surface area (Å²) in [5, 5.41) is 10.6. The van der Waals surface area contributed by atoms with E-state index in [4.69, 9.17) is 23.2 Å². The quantitative estimate of drug-likeness (QED) is 0.826. The summed E-state index contributed by atoms with van der Waals surface area (Å²) in [5.41, 5.74) is 0.683. The van der Waals surface area contributed by atoms with Gasteiger partial charge in [0.05, 0.1) is 19.2 Å². The molecular formula is C15H19Cl2N2O+. The Labute approximate surface area is 129 Å². The summed E-state index contributed by atoms with van der Waals surface area (Å²) < 4.78 is 0.382. The van der Waals surface area contributed by atoms with Crippen LogP contribution in [0.5, 0.6) is 0 Å². The first-order valence-corrected chi connectivity index (χ1v) is 7.29. The average molecular weight is 314 g/mol. The number of benzene rings is 1. The molecule has 2 rings (SSSR count). The van der Waals surface area contributed by atoms with Crippen molar-refractivity contribution in [1.29, 1.82) is 0 Å². The van der Waals surface area contributed by atoms with Crippen LogP contribution >= 0.6 is 23.2 Å². The van der Waals surface area contributed by atoms with E-state index in [1.54, 1.807) is 18.3 Å². The van der Waals surface area contributed by atoms with Gasteiger partial charge in [0, 0.05) is 11.1 Å². The molecule has 0 saturated carbocycles. The average Bonchev–Trinajstić information content (AvgIpc) is 2.77. The van der Waals surface area contributed by atoms with Crippen molar-refractivity contribution >= 4 is 34.7 Å². The van der Waals surface area contributed by atoms with Gasteiger partial charge < -0.3 is 5.11 Å². The molecule has 0 saturated heterocycles. The second-order valence-corrected chi connectivity index (χ2v) is 6.65. The largest absolute Gasteiger partial charge is 0.396 e. The van der Waals surface area contributed by atoms with Gasteiger partial charge in [-0.15, -0.1) is 0 Å². The molecule has 1 aliphatic heterocycles. The van der Waals surface area contributed by atoms with Gasteiger partial charge in [-0.1, -0.05) is 23.2 Å². The molecule has 0 aliphatic carbocycles. The first kappa shape index (κ1) is 15.5. The van der Waals surface area contributed by atoms with Crippen molar-refractivity contribution in [2.24, 2.45) is 4.99 Å². The lowest BCUT2D eigenvalue weighted by Crippen LogP contribution is -2.60. The molecule has 108 valence electrons. The number of halogens is 2. The van der Waals surface area contributed by atoms with Crippen LogP contribution in [0.2, 0.25) is 10.0 Å². The van der Waals surface area contributed by atoms with Crippen molar-refractivity contribution in [2.45, 2.75) is 32.7 Å². The lowest BCUT2D eigenvalue weighted by Gasteiger charge is -2.43. The summed E-state index contributed by atoms with van der Waals surface area (Å²) in [7, 11) is 0. The number of hydrogen-bond donors (Lipinski definition) is 1. The first-order chi connectivity index (χ1) is 9.33. The minimum Gasteiger partial charge on any atom is -0.396 e. The third-order valence-electron chi connectivity index (χ3n) is 3.60. The van der Waals surface area contributed by atoms with Gasteiger partial charge in [0.15, 0.2) is 5.69 Å². The standard InChI is InChI=1S/C15H19Cl2N2O/c1-15(2,3)19(8-7-18-14(19)6-9-20)13-10-11(16)4-5-12(13)17/h4-5,7-8,10,20H,6,9H2,1-3H3/q+1. The molecule has 0 aromatic heterocycles. The van der Waals surface area contributed by atoms with Gasteiger partial charge in [0.25, 0.3) is 0 Å². The minimum atomic E-state index is -0.199. The number of quaternary nitrogens is 1. The van der Waals surface area contributed by atoms with E-state index < -0.39 is 0 Å². The zero-order valence-corrected chi connectivity index (χ0v) is 13.4. The summed E-state index contributed by atoms with van der Waals surface area (Å²) >= 11 is 12.6. The number of aliphatic hydroxyl groups is 1. The van der Waals surface area contributed by atoms with E-state index in [-0.39, 0.29) is 12.1 Å². The summed E-state index contributed by atoms with van der Waals surface area (Å²) in [4.78, 5) is 4.44. The van der Waals surface area contributed by atoms with Gasteiger partial charge in [-0.3, -0.25) is 0 Å². The van der Waals surface area contributed by atoms with Crippen molar-refractivity contribution in [3.63, 3.8) is 0 Å². The second kappa shape index (κ2) is 5.49. The van der Waals surface area contributed by atoms with E-state index in [0.717, 1.165) is 11.5 Å². The number of hydrogen-bond acceptors (Lipinski definition) is 2. The van der Waals surface area contributed by atoms with E-state index in [1.807, 2.05) is 12.3 Å². The van der Waals surface area contributed by atoms with Crippen molar-refractivity contribution in [1.82, 2.24) is 4.48 Å². The van der Waals surface area contributed by atoms with Crippen LogP contribution in [0.4, 0.5) is 5.69 Å². The Morgan fingerprint density at radius 2 is 1.95 bits per heavy atom. The molecule has 1 N–H and O–H groups in total. The molecule has 0 amide bonds. The van der Waals surface area contributed by atoms with Gasteiger partial charge in [-0.25, -0.2) is 9.48 Å². The second-order valence-electron chi connectivity index (χ2n) is 5.81. The van der Waals surface area contributed by atoms with Crippen LogP contribution in [-0.2, 0) is 0 Å². The SMILES string of the molecule is CC(C)(C)[N+]1(c2cc(Cl)ccc2Cl)C=CN=C1CCO. The zero-order chi connectivity index (χ0) is 15.0. The third-order valence-corrected chi connectivity index (χ3v) is 4.16. The zero-order valence-electron chi connectivity index (χ0n) is 11.9. The predicted molar refractivity (Wildman–Crippen MR) is 86.3 cm³/mol. The molecule has 0 bridgehead atoms. The monoisotopic (exact) mass is 313 g/mol. The van der Waals surface area contributed by atoms with E-state index in [0.29, 0.717) is 20.9 Å². The van der Waals surface area contributed by atoms with Gasteiger partial charge >= 0.3 is 0 Å². The molecule has 1 aromatic rings. The molecule has 1 aliphatic rings. The fraction of sp³-hybridized carbons (Fsp3) is 0.400. The summed E-state index contributed by atoms with van der Waals surface area (Å²) in [6.45, 7) is 6.40. The highest BCUT2D eigenvalue weighted by Crippen LogP contribution is 2.43. The van der Waals surface area contributed by atoms with E-state index in [9.17, 15) is 5.11 Å². The highest BCUT2D eigenvalue weighted by Gasteiger charge is 2.49.